The lowest BCUT2D eigenvalue weighted by molar-refractivity contribution is 0.00990. The second-order valence-corrected chi connectivity index (χ2v) is 6.51. The average molecular weight is 506 g/mol. The van der Waals surface area contributed by atoms with Crippen LogP contribution in [-0.2, 0) is 16.0 Å². The minimum Gasteiger partial charge on any atom is -0.478 e. The molecule has 1 saturated heterocycles. The Kier molecular flexibility index (Phi) is 13.2. The highest BCUT2D eigenvalue weighted by molar-refractivity contribution is 14.0. The molecule has 1 N–H and O–H groups in total. The molecule has 2 heterocycles. The Balaban J connectivity index is 0.00000392. The maximum Gasteiger partial charge on any atom is 0.213 e. The molecule has 1 fully saturated rings. The molecule has 1 aliphatic rings. The van der Waals surface area contributed by atoms with Crippen LogP contribution in [0.5, 0.6) is 5.88 Å². The lowest BCUT2D eigenvalue weighted by atomic mass is 10.1. The molecule has 0 amide bonds. The van der Waals surface area contributed by atoms with Crippen molar-refractivity contribution in [3.05, 3.63) is 23.9 Å². The summed E-state index contributed by atoms with van der Waals surface area (Å²) in [6.07, 6.45) is 5.13. The number of piperidine rings is 1. The van der Waals surface area contributed by atoms with E-state index in [1.165, 1.54) is 0 Å². The van der Waals surface area contributed by atoms with Crippen LogP contribution in [-0.4, -0.2) is 68.5 Å². The summed E-state index contributed by atoms with van der Waals surface area (Å²) >= 11 is 0. The number of guanidine groups is 1. The van der Waals surface area contributed by atoms with Crippen molar-refractivity contribution in [3.8, 4) is 5.88 Å². The van der Waals surface area contributed by atoms with Gasteiger partial charge in [0.25, 0.3) is 0 Å². The summed E-state index contributed by atoms with van der Waals surface area (Å²) in [5.74, 6) is 1.62. The lowest BCUT2D eigenvalue weighted by Crippen LogP contribution is -2.47. The van der Waals surface area contributed by atoms with Crippen LogP contribution in [0.25, 0.3) is 0 Å². The van der Waals surface area contributed by atoms with Crippen LogP contribution < -0.4 is 10.1 Å². The Bertz CT molecular complexity index is 566. The van der Waals surface area contributed by atoms with Gasteiger partial charge in [0.15, 0.2) is 5.96 Å². The molecule has 0 saturated carbocycles. The second-order valence-electron chi connectivity index (χ2n) is 6.51. The van der Waals surface area contributed by atoms with Crippen LogP contribution in [0.15, 0.2) is 23.3 Å². The summed E-state index contributed by atoms with van der Waals surface area (Å²) in [5, 5.41) is 3.41. The summed E-state index contributed by atoms with van der Waals surface area (Å²) in [6, 6.07) is 3.94. The van der Waals surface area contributed by atoms with Gasteiger partial charge >= 0.3 is 0 Å². The van der Waals surface area contributed by atoms with Gasteiger partial charge in [-0.1, -0.05) is 0 Å². The van der Waals surface area contributed by atoms with Gasteiger partial charge in [-0.05, 0) is 44.7 Å². The van der Waals surface area contributed by atoms with E-state index in [1.807, 2.05) is 19.1 Å². The molecule has 0 radical (unpaired) electrons. The number of hydrogen-bond acceptors (Lipinski definition) is 5. The molecule has 1 aliphatic heterocycles. The Morgan fingerprint density at radius 2 is 2.07 bits per heavy atom. The summed E-state index contributed by atoms with van der Waals surface area (Å²) < 4.78 is 16.5. The number of nitrogens with one attached hydrogen (secondary N) is 1. The van der Waals surface area contributed by atoms with E-state index in [0.29, 0.717) is 25.1 Å². The number of hydrogen-bond donors (Lipinski definition) is 1. The van der Waals surface area contributed by atoms with Crippen molar-refractivity contribution in [3.63, 3.8) is 0 Å². The van der Waals surface area contributed by atoms with E-state index in [4.69, 9.17) is 19.2 Å². The summed E-state index contributed by atoms with van der Waals surface area (Å²) in [4.78, 5) is 11.3. The van der Waals surface area contributed by atoms with E-state index in [2.05, 4.69) is 22.1 Å². The highest BCUT2D eigenvalue weighted by Crippen LogP contribution is 2.15. The fourth-order valence-electron chi connectivity index (χ4n) is 3.06. The third-order valence-corrected chi connectivity index (χ3v) is 4.43. The molecule has 8 heteroatoms. The molecule has 0 atom stereocenters. The lowest BCUT2D eigenvalue weighted by Gasteiger charge is -2.34. The van der Waals surface area contributed by atoms with Crippen molar-refractivity contribution in [2.75, 3.05) is 46.6 Å². The normalized spacial score (nSPS) is 15.2. The van der Waals surface area contributed by atoms with Crippen LogP contribution in [0, 0.1) is 0 Å². The van der Waals surface area contributed by atoms with Crippen molar-refractivity contribution in [1.29, 1.82) is 0 Å². The Morgan fingerprint density at radius 1 is 1.29 bits per heavy atom. The SMILES string of the molecule is CCNC(=NCc1ccnc(OCC)c1)N1CCC(OCCCOC)CC1.I. The van der Waals surface area contributed by atoms with Crippen LogP contribution in [0.1, 0.15) is 38.7 Å². The molecule has 0 spiro atoms. The van der Waals surface area contributed by atoms with Crippen LogP contribution >= 0.6 is 24.0 Å². The fraction of sp³-hybridized carbons (Fsp3) is 0.700. The number of ether oxygens (including phenoxy) is 3. The smallest absolute Gasteiger partial charge is 0.213 e. The van der Waals surface area contributed by atoms with Gasteiger partial charge in [-0.3, -0.25) is 0 Å². The quantitative estimate of drug-likeness (QED) is 0.228. The molecular weight excluding hydrogens is 471 g/mol. The van der Waals surface area contributed by atoms with Gasteiger partial charge in [-0.15, -0.1) is 24.0 Å². The predicted molar refractivity (Wildman–Crippen MR) is 123 cm³/mol. The first-order valence-electron chi connectivity index (χ1n) is 9.98. The fourth-order valence-corrected chi connectivity index (χ4v) is 3.06. The van der Waals surface area contributed by atoms with Gasteiger partial charge in [0, 0.05) is 52.2 Å². The molecule has 0 unspecified atom stereocenters. The molecule has 1 aromatic heterocycles. The first-order valence-corrected chi connectivity index (χ1v) is 9.98. The van der Waals surface area contributed by atoms with E-state index in [1.54, 1.807) is 13.3 Å². The van der Waals surface area contributed by atoms with Crippen molar-refractivity contribution in [2.45, 2.75) is 45.8 Å². The number of aliphatic imine (C=N–C) groups is 1. The topological polar surface area (TPSA) is 68.2 Å². The molecule has 0 aromatic carbocycles. The molecule has 160 valence electrons. The maximum atomic E-state index is 5.95. The Labute approximate surface area is 186 Å². The van der Waals surface area contributed by atoms with E-state index in [0.717, 1.165) is 63.6 Å². The zero-order valence-electron chi connectivity index (χ0n) is 17.4. The van der Waals surface area contributed by atoms with Gasteiger partial charge in [-0.2, -0.15) is 0 Å². The van der Waals surface area contributed by atoms with Gasteiger partial charge in [0.2, 0.25) is 5.88 Å². The molecule has 2 rings (SSSR count). The van der Waals surface area contributed by atoms with Gasteiger partial charge < -0.3 is 24.4 Å². The van der Waals surface area contributed by atoms with E-state index >= 15 is 0 Å². The molecule has 0 bridgehead atoms. The van der Waals surface area contributed by atoms with Crippen molar-refractivity contribution in [2.24, 2.45) is 4.99 Å². The van der Waals surface area contributed by atoms with Crippen LogP contribution in [0.3, 0.4) is 0 Å². The molecule has 28 heavy (non-hydrogen) atoms. The highest BCUT2D eigenvalue weighted by Gasteiger charge is 2.21. The Morgan fingerprint density at radius 3 is 2.75 bits per heavy atom. The number of halogens is 1. The van der Waals surface area contributed by atoms with E-state index < -0.39 is 0 Å². The van der Waals surface area contributed by atoms with Crippen LogP contribution in [0.4, 0.5) is 0 Å². The number of aromatic nitrogens is 1. The molecule has 1 aromatic rings. The monoisotopic (exact) mass is 506 g/mol. The predicted octanol–water partition coefficient (Wildman–Crippen LogP) is 3.08. The average Bonchev–Trinajstić information content (AvgIpc) is 2.70. The zero-order chi connectivity index (χ0) is 19.3. The number of methoxy groups -OCH3 is 1. The van der Waals surface area contributed by atoms with Gasteiger partial charge in [-0.25, -0.2) is 9.98 Å². The summed E-state index contributed by atoms with van der Waals surface area (Å²) in [5.41, 5.74) is 1.10. The molecule has 7 nitrogen and oxygen atoms in total. The van der Waals surface area contributed by atoms with E-state index in [-0.39, 0.29) is 24.0 Å². The first kappa shape index (κ1) is 24.9. The third kappa shape index (κ3) is 8.91. The van der Waals surface area contributed by atoms with Crippen molar-refractivity contribution >= 4 is 29.9 Å². The number of pyridine rings is 1. The number of rotatable bonds is 10. The van der Waals surface area contributed by atoms with E-state index in [9.17, 15) is 0 Å². The zero-order valence-corrected chi connectivity index (χ0v) is 19.7. The number of likely N-dealkylation sites (tertiary alicyclic amines) is 1. The minimum atomic E-state index is 0. The van der Waals surface area contributed by atoms with Gasteiger partial charge in [0.05, 0.1) is 19.3 Å². The van der Waals surface area contributed by atoms with Crippen molar-refractivity contribution in [1.82, 2.24) is 15.2 Å². The number of nitrogens with zero attached hydrogens (tertiary/aromatic N) is 3. The maximum absolute atomic E-state index is 5.95. The second kappa shape index (κ2) is 14.8. The minimum absolute atomic E-state index is 0. The molecular formula is C20H35IN4O3. The standard InChI is InChI=1S/C20H34N4O3.HI/c1-4-21-20(23-16-17-7-10-22-19(15-17)26-5-2)24-11-8-18(9-12-24)27-14-6-13-25-3;/h7,10,15,18H,4-6,8-9,11-14,16H2,1-3H3,(H,21,23);1H. The highest BCUT2D eigenvalue weighted by atomic mass is 127. The van der Waals surface area contributed by atoms with Gasteiger partial charge in [0.1, 0.15) is 0 Å². The third-order valence-electron chi connectivity index (χ3n) is 4.43. The summed E-state index contributed by atoms with van der Waals surface area (Å²) in [7, 11) is 1.73. The van der Waals surface area contributed by atoms with Crippen LogP contribution in [0.2, 0.25) is 0 Å². The first-order chi connectivity index (χ1) is 13.3. The largest absolute Gasteiger partial charge is 0.478 e. The Hall–Kier alpha value is -1.13. The molecule has 0 aliphatic carbocycles. The summed E-state index contributed by atoms with van der Waals surface area (Å²) in [6.45, 7) is 9.59. The van der Waals surface area contributed by atoms with Crippen molar-refractivity contribution < 1.29 is 14.2 Å².